The summed E-state index contributed by atoms with van der Waals surface area (Å²) in [6.07, 6.45) is 1.74. The summed E-state index contributed by atoms with van der Waals surface area (Å²) in [5.41, 5.74) is 2.39. The summed E-state index contributed by atoms with van der Waals surface area (Å²) in [6.45, 7) is 0.221. The average molecular weight is 378 g/mol. The minimum absolute atomic E-state index is 0.221. The van der Waals surface area contributed by atoms with Crippen LogP contribution in [0.1, 0.15) is 0 Å². The lowest BCUT2D eigenvalue weighted by Crippen LogP contribution is -2.02. The first-order valence-electron chi connectivity index (χ1n) is 8.71. The monoisotopic (exact) mass is 378 g/mol. The van der Waals surface area contributed by atoms with Crippen LogP contribution in [-0.2, 0) is 14.1 Å². The van der Waals surface area contributed by atoms with Gasteiger partial charge in [0.2, 0.25) is 6.79 Å². The molecule has 0 atom stereocenters. The first kappa shape index (κ1) is 16.4. The summed E-state index contributed by atoms with van der Waals surface area (Å²) >= 11 is 0. The molecule has 5 rings (SSSR count). The van der Waals surface area contributed by atoms with Gasteiger partial charge in [-0.2, -0.15) is 10.2 Å². The number of para-hydroxylation sites is 1. The number of anilines is 2. The van der Waals surface area contributed by atoms with Gasteiger partial charge in [-0.15, -0.1) is 0 Å². The summed E-state index contributed by atoms with van der Waals surface area (Å²) in [7, 11) is 5.34. The fourth-order valence-electron chi connectivity index (χ4n) is 3.30. The number of nitrogens with one attached hydrogen (secondary N) is 1. The minimum atomic E-state index is 0.221. The summed E-state index contributed by atoms with van der Waals surface area (Å²) in [5, 5.41) is 13.0. The second-order valence-electron chi connectivity index (χ2n) is 6.42. The van der Waals surface area contributed by atoms with E-state index >= 15 is 0 Å². The second-order valence-corrected chi connectivity index (χ2v) is 6.42. The highest BCUT2D eigenvalue weighted by Crippen LogP contribution is 2.41. The number of aromatic nitrogens is 5. The normalized spacial score (nSPS) is 12.5. The van der Waals surface area contributed by atoms with E-state index in [0.29, 0.717) is 17.3 Å². The first-order chi connectivity index (χ1) is 13.6. The number of nitrogens with zero attached hydrogens (tertiary/aromatic N) is 5. The molecular weight excluding hydrogens is 360 g/mol. The van der Waals surface area contributed by atoms with Crippen molar-refractivity contribution in [3.05, 3.63) is 36.5 Å². The molecule has 0 saturated heterocycles. The second kappa shape index (κ2) is 6.15. The van der Waals surface area contributed by atoms with Crippen molar-refractivity contribution in [3.8, 4) is 28.5 Å². The molecule has 0 saturated carbocycles. The molecule has 0 radical (unpaired) electrons. The zero-order chi connectivity index (χ0) is 19.3. The first-order valence-corrected chi connectivity index (χ1v) is 8.71. The third-order valence-electron chi connectivity index (χ3n) is 4.70. The molecule has 28 heavy (non-hydrogen) atoms. The van der Waals surface area contributed by atoms with Crippen LogP contribution in [0, 0.1) is 0 Å². The van der Waals surface area contributed by atoms with Gasteiger partial charge in [-0.25, -0.2) is 4.98 Å². The van der Waals surface area contributed by atoms with Crippen LogP contribution in [0.4, 0.5) is 11.6 Å². The maximum absolute atomic E-state index is 5.60. The van der Waals surface area contributed by atoms with Crippen molar-refractivity contribution in [2.24, 2.45) is 14.1 Å². The molecule has 1 aliphatic rings. The molecule has 0 bridgehead atoms. The highest BCUT2D eigenvalue weighted by Gasteiger charge is 2.21. The predicted octanol–water partition coefficient (Wildman–Crippen LogP) is 2.85. The Bertz CT molecular complexity index is 1200. The number of benzene rings is 1. The van der Waals surface area contributed by atoms with Gasteiger partial charge in [0, 0.05) is 31.8 Å². The van der Waals surface area contributed by atoms with Crippen LogP contribution in [0.3, 0.4) is 0 Å². The van der Waals surface area contributed by atoms with E-state index in [1.165, 1.54) is 0 Å². The minimum Gasteiger partial charge on any atom is -0.496 e. The maximum atomic E-state index is 5.60. The van der Waals surface area contributed by atoms with Crippen LogP contribution in [0.25, 0.3) is 22.3 Å². The fourth-order valence-corrected chi connectivity index (χ4v) is 3.30. The molecule has 3 aromatic heterocycles. The number of rotatable bonds is 4. The largest absolute Gasteiger partial charge is 0.496 e. The quantitative estimate of drug-likeness (QED) is 0.584. The van der Waals surface area contributed by atoms with E-state index in [0.717, 1.165) is 33.9 Å². The Hall–Kier alpha value is -3.75. The lowest BCUT2D eigenvalue weighted by molar-refractivity contribution is 0.174. The Morgan fingerprint density at radius 3 is 2.89 bits per heavy atom. The third kappa shape index (κ3) is 2.51. The van der Waals surface area contributed by atoms with Gasteiger partial charge in [-0.1, -0.05) is 6.07 Å². The molecule has 4 heterocycles. The van der Waals surface area contributed by atoms with E-state index in [9.17, 15) is 0 Å². The van der Waals surface area contributed by atoms with Crippen molar-refractivity contribution in [2.75, 3.05) is 19.2 Å². The molecule has 142 valence electrons. The van der Waals surface area contributed by atoms with Gasteiger partial charge < -0.3 is 19.5 Å². The molecule has 0 unspecified atom stereocenters. The van der Waals surface area contributed by atoms with Crippen molar-refractivity contribution in [1.29, 1.82) is 0 Å². The summed E-state index contributed by atoms with van der Waals surface area (Å²) in [5.74, 6) is 3.56. The number of hydrogen-bond donors (Lipinski definition) is 1. The number of ether oxygens (including phenoxy) is 3. The average Bonchev–Trinajstić information content (AvgIpc) is 3.41. The van der Waals surface area contributed by atoms with Gasteiger partial charge in [0.25, 0.3) is 0 Å². The molecular formula is C19H18N6O3. The predicted molar refractivity (Wildman–Crippen MR) is 103 cm³/mol. The zero-order valence-electron chi connectivity index (χ0n) is 15.6. The standard InChI is InChI=1S/C19H18N6O3/c1-24-17(7-13(23-24)11-5-4-6-14-18(11)28-10-27-14)21-16-8-15(26-3)12-9-20-25(2)19(12)22-16/h4-9H,10H2,1-3H3,(H,21,22). The van der Waals surface area contributed by atoms with Gasteiger partial charge in [0.15, 0.2) is 17.1 Å². The van der Waals surface area contributed by atoms with Crippen molar-refractivity contribution in [2.45, 2.75) is 0 Å². The van der Waals surface area contributed by atoms with Gasteiger partial charge >= 0.3 is 0 Å². The summed E-state index contributed by atoms with van der Waals surface area (Å²) in [6, 6.07) is 9.55. The van der Waals surface area contributed by atoms with Crippen molar-refractivity contribution >= 4 is 22.7 Å². The Balaban J connectivity index is 1.53. The molecule has 4 aromatic rings. The third-order valence-corrected chi connectivity index (χ3v) is 4.70. The van der Waals surface area contributed by atoms with Gasteiger partial charge in [0.05, 0.1) is 24.4 Å². The molecule has 1 aliphatic heterocycles. The maximum Gasteiger partial charge on any atom is 0.231 e. The van der Waals surface area contributed by atoms with E-state index in [1.54, 1.807) is 22.7 Å². The molecule has 1 N–H and O–H groups in total. The SMILES string of the molecule is COc1cc(Nc2cc(-c3cccc4c3OCO4)nn2C)nc2c1cnn2C. The van der Waals surface area contributed by atoms with E-state index in [2.05, 4.69) is 20.5 Å². The van der Waals surface area contributed by atoms with Crippen molar-refractivity contribution in [1.82, 2.24) is 24.5 Å². The topological polar surface area (TPSA) is 88.2 Å². The van der Waals surface area contributed by atoms with E-state index in [1.807, 2.05) is 44.4 Å². The van der Waals surface area contributed by atoms with Gasteiger partial charge in [-0.3, -0.25) is 9.36 Å². The van der Waals surface area contributed by atoms with Crippen LogP contribution in [-0.4, -0.2) is 38.4 Å². The Labute approximate surface area is 160 Å². The highest BCUT2D eigenvalue weighted by atomic mass is 16.7. The van der Waals surface area contributed by atoms with E-state index in [4.69, 9.17) is 14.2 Å². The highest BCUT2D eigenvalue weighted by molar-refractivity contribution is 5.84. The van der Waals surface area contributed by atoms with Crippen molar-refractivity contribution < 1.29 is 14.2 Å². The zero-order valence-corrected chi connectivity index (χ0v) is 15.6. The number of fused-ring (bicyclic) bond motifs is 2. The van der Waals surface area contributed by atoms with Crippen LogP contribution in [0.15, 0.2) is 36.5 Å². The lowest BCUT2D eigenvalue weighted by atomic mass is 10.1. The number of aryl methyl sites for hydroxylation is 2. The number of methoxy groups -OCH3 is 1. The molecule has 0 aliphatic carbocycles. The lowest BCUT2D eigenvalue weighted by Gasteiger charge is -2.08. The van der Waals surface area contributed by atoms with Crippen LogP contribution >= 0.6 is 0 Å². The molecule has 9 heteroatoms. The molecule has 0 amide bonds. The fraction of sp³-hybridized carbons (Fsp3) is 0.211. The smallest absolute Gasteiger partial charge is 0.231 e. The molecule has 1 aromatic carbocycles. The van der Waals surface area contributed by atoms with Gasteiger partial charge in [0.1, 0.15) is 17.4 Å². The number of hydrogen-bond acceptors (Lipinski definition) is 7. The van der Waals surface area contributed by atoms with E-state index < -0.39 is 0 Å². The number of pyridine rings is 1. The molecule has 0 spiro atoms. The van der Waals surface area contributed by atoms with E-state index in [-0.39, 0.29) is 6.79 Å². The summed E-state index contributed by atoms with van der Waals surface area (Å²) < 4.78 is 20.0. The molecule has 0 fully saturated rings. The van der Waals surface area contributed by atoms with Crippen molar-refractivity contribution in [3.63, 3.8) is 0 Å². The Morgan fingerprint density at radius 2 is 2.04 bits per heavy atom. The Morgan fingerprint density at radius 1 is 1.14 bits per heavy atom. The Kier molecular flexibility index (Phi) is 3.61. The van der Waals surface area contributed by atoms with Crippen LogP contribution in [0.2, 0.25) is 0 Å². The van der Waals surface area contributed by atoms with Crippen LogP contribution < -0.4 is 19.5 Å². The summed E-state index contributed by atoms with van der Waals surface area (Å²) in [4.78, 5) is 4.64. The molecule has 9 nitrogen and oxygen atoms in total. The van der Waals surface area contributed by atoms with Crippen LogP contribution in [0.5, 0.6) is 17.2 Å². The van der Waals surface area contributed by atoms with Gasteiger partial charge in [-0.05, 0) is 12.1 Å².